The minimum atomic E-state index is -0.880. The highest BCUT2D eigenvalue weighted by Crippen LogP contribution is 2.40. The molecule has 0 aromatic heterocycles. The fourth-order valence-electron chi connectivity index (χ4n) is 4.44. The van der Waals surface area contributed by atoms with Crippen LogP contribution in [-0.4, -0.2) is 40.1 Å². The molecule has 25 heavy (non-hydrogen) atoms. The molecule has 2 fully saturated rings. The Hall–Kier alpha value is -1.90. The highest BCUT2D eigenvalue weighted by molar-refractivity contribution is 5.84. The molecule has 6 heteroatoms. The van der Waals surface area contributed by atoms with E-state index >= 15 is 0 Å². The summed E-state index contributed by atoms with van der Waals surface area (Å²) in [5.74, 6) is 2.52. The molecule has 0 spiro atoms. The Balaban J connectivity index is 1.56. The van der Waals surface area contributed by atoms with Crippen molar-refractivity contribution in [1.82, 2.24) is 4.90 Å². The number of carbonyl (C=O) groups is 2. The standard InChI is InChI=1S/C19H27N3O3/c1-2-3-10-19(20-21-19)11-9-17(23)22-13-15(12-16(22)18(24)25)14-7-5-4-6-8-14/h1,14-16H,3-13H2,(H,24,25). The van der Waals surface area contributed by atoms with E-state index in [4.69, 9.17) is 6.42 Å². The van der Waals surface area contributed by atoms with Crippen molar-refractivity contribution in [3.05, 3.63) is 0 Å². The molecular formula is C19H27N3O3. The molecule has 1 saturated heterocycles. The van der Waals surface area contributed by atoms with Crippen molar-refractivity contribution in [3.63, 3.8) is 0 Å². The maximum Gasteiger partial charge on any atom is 0.326 e. The molecule has 3 aliphatic rings. The number of aliphatic carboxylic acids is 1. The second kappa shape index (κ2) is 7.55. The second-order valence-corrected chi connectivity index (χ2v) is 7.68. The lowest BCUT2D eigenvalue weighted by molar-refractivity contribution is -0.148. The van der Waals surface area contributed by atoms with Crippen LogP contribution in [0.25, 0.3) is 0 Å². The molecule has 2 aliphatic heterocycles. The minimum absolute atomic E-state index is 0.0805. The monoisotopic (exact) mass is 345 g/mol. The fourth-order valence-corrected chi connectivity index (χ4v) is 4.44. The van der Waals surface area contributed by atoms with Gasteiger partial charge in [0.15, 0.2) is 5.66 Å². The van der Waals surface area contributed by atoms with Crippen LogP contribution in [0.5, 0.6) is 0 Å². The van der Waals surface area contributed by atoms with Gasteiger partial charge in [0.05, 0.1) is 0 Å². The van der Waals surface area contributed by atoms with E-state index < -0.39 is 17.7 Å². The number of terminal acetylenes is 1. The lowest BCUT2D eigenvalue weighted by Crippen LogP contribution is -2.40. The summed E-state index contributed by atoms with van der Waals surface area (Å²) in [6.45, 7) is 0.589. The van der Waals surface area contributed by atoms with Crippen LogP contribution >= 0.6 is 0 Å². The molecule has 1 aliphatic carbocycles. The summed E-state index contributed by atoms with van der Waals surface area (Å²) in [6.07, 6.45) is 14.0. The van der Waals surface area contributed by atoms with Gasteiger partial charge in [0.25, 0.3) is 0 Å². The molecule has 1 amide bonds. The van der Waals surface area contributed by atoms with E-state index in [0.717, 1.165) is 0 Å². The molecule has 0 radical (unpaired) electrons. The second-order valence-electron chi connectivity index (χ2n) is 7.68. The number of rotatable bonds is 7. The van der Waals surface area contributed by atoms with Crippen LogP contribution in [0.2, 0.25) is 0 Å². The summed E-state index contributed by atoms with van der Waals surface area (Å²) in [5.41, 5.74) is -0.483. The maximum atomic E-state index is 12.7. The number of hydrogen-bond acceptors (Lipinski definition) is 4. The average molecular weight is 345 g/mol. The van der Waals surface area contributed by atoms with Crippen molar-refractivity contribution in [2.24, 2.45) is 22.1 Å². The molecule has 2 unspecified atom stereocenters. The summed E-state index contributed by atoms with van der Waals surface area (Å²) in [6, 6.07) is -0.672. The van der Waals surface area contributed by atoms with Gasteiger partial charge < -0.3 is 10.0 Å². The Morgan fingerprint density at radius 3 is 2.48 bits per heavy atom. The molecule has 3 rings (SSSR count). The van der Waals surface area contributed by atoms with Crippen LogP contribution in [-0.2, 0) is 9.59 Å². The van der Waals surface area contributed by atoms with Crippen molar-refractivity contribution in [2.45, 2.75) is 75.9 Å². The lowest BCUT2D eigenvalue weighted by Gasteiger charge is -2.27. The average Bonchev–Trinajstić information content (AvgIpc) is 3.25. The largest absolute Gasteiger partial charge is 0.480 e. The fraction of sp³-hybridized carbons (Fsp3) is 0.789. The van der Waals surface area contributed by atoms with Crippen molar-refractivity contribution in [2.75, 3.05) is 6.54 Å². The number of likely N-dealkylation sites (tertiary alicyclic amines) is 1. The van der Waals surface area contributed by atoms with E-state index in [1.165, 1.54) is 32.1 Å². The SMILES string of the molecule is C#CCCC1(CCC(=O)N2CC(C3CCCCC3)CC2C(=O)O)N=N1. The first kappa shape index (κ1) is 17.9. The molecule has 0 aromatic rings. The Morgan fingerprint density at radius 1 is 1.16 bits per heavy atom. The highest BCUT2D eigenvalue weighted by atomic mass is 16.4. The molecule has 0 aromatic carbocycles. The van der Waals surface area contributed by atoms with Gasteiger partial charge in [0.2, 0.25) is 5.91 Å². The summed E-state index contributed by atoms with van der Waals surface area (Å²) in [4.78, 5) is 25.9. The van der Waals surface area contributed by atoms with E-state index in [-0.39, 0.29) is 5.91 Å². The third kappa shape index (κ3) is 4.20. The van der Waals surface area contributed by atoms with Crippen molar-refractivity contribution >= 4 is 11.9 Å². The Kier molecular flexibility index (Phi) is 5.41. The van der Waals surface area contributed by atoms with Crippen LogP contribution in [0.15, 0.2) is 10.2 Å². The van der Waals surface area contributed by atoms with Crippen LogP contribution in [0.4, 0.5) is 0 Å². The highest BCUT2D eigenvalue weighted by Gasteiger charge is 2.44. The third-order valence-corrected chi connectivity index (χ3v) is 6.05. The first-order valence-electron chi connectivity index (χ1n) is 9.44. The number of amides is 1. The van der Waals surface area contributed by atoms with Gasteiger partial charge >= 0.3 is 5.97 Å². The molecular weight excluding hydrogens is 318 g/mol. The molecule has 1 N–H and O–H groups in total. The van der Waals surface area contributed by atoms with Gasteiger partial charge in [-0.25, -0.2) is 4.79 Å². The zero-order valence-corrected chi connectivity index (χ0v) is 14.7. The van der Waals surface area contributed by atoms with Gasteiger partial charge in [-0.2, -0.15) is 10.2 Å². The predicted octanol–water partition coefficient (Wildman–Crippen LogP) is 3.22. The topological polar surface area (TPSA) is 82.3 Å². The third-order valence-electron chi connectivity index (χ3n) is 6.05. The van der Waals surface area contributed by atoms with Gasteiger partial charge in [0, 0.05) is 32.2 Å². The maximum absolute atomic E-state index is 12.7. The van der Waals surface area contributed by atoms with Crippen LogP contribution < -0.4 is 0 Å². The van der Waals surface area contributed by atoms with Crippen molar-refractivity contribution in [1.29, 1.82) is 0 Å². The molecule has 2 heterocycles. The molecule has 0 bridgehead atoms. The molecule has 1 saturated carbocycles. The number of carboxylic acid groups (broad SMARTS) is 1. The Labute approximate surface area is 149 Å². The van der Waals surface area contributed by atoms with E-state index in [1.807, 2.05) is 0 Å². The zero-order chi connectivity index (χ0) is 17.9. The smallest absolute Gasteiger partial charge is 0.326 e. The van der Waals surface area contributed by atoms with Gasteiger partial charge in [-0.15, -0.1) is 12.3 Å². The van der Waals surface area contributed by atoms with Gasteiger partial charge in [-0.3, -0.25) is 4.79 Å². The summed E-state index contributed by atoms with van der Waals surface area (Å²) < 4.78 is 0. The first-order valence-corrected chi connectivity index (χ1v) is 9.44. The van der Waals surface area contributed by atoms with E-state index in [0.29, 0.717) is 50.5 Å². The molecule has 6 nitrogen and oxygen atoms in total. The minimum Gasteiger partial charge on any atom is -0.480 e. The summed E-state index contributed by atoms with van der Waals surface area (Å²) in [7, 11) is 0. The van der Waals surface area contributed by atoms with Gasteiger partial charge in [-0.1, -0.05) is 32.1 Å². The van der Waals surface area contributed by atoms with E-state index in [1.54, 1.807) is 4.90 Å². The van der Waals surface area contributed by atoms with Gasteiger partial charge in [-0.05, 0) is 18.3 Å². The van der Waals surface area contributed by atoms with Crippen LogP contribution in [0.1, 0.15) is 64.2 Å². The zero-order valence-electron chi connectivity index (χ0n) is 14.7. The molecule has 136 valence electrons. The summed E-state index contributed by atoms with van der Waals surface area (Å²) in [5, 5.41) is 17.7. The van der Waals surface area contributed by atoms with E-state index in [2.05, 4.69) is 16.1 Å². The van der Waals surface area contributed by atoms with Crippen molar-refractivity contribution < 1.29 is 14.7 Å². The normalized spacial score (nSPS) is 27.9. The van der Waals surface area contributed by atoms with Gasteiger partial charge in [0.1, 0.15) is 6.04 Å². The molecule has 2 atom stereocenters. The Bertz CT molecular complexity index is 583. The Morgan fingerprint density at radius 2 is 1.88 bits per heavy atom. The van der Waals surface area contributed by atoms with Crippen LogP contribution in [0, 0.1) is 24.2 Å². The van der Waals surface area contributed by atoms with Crippen molar-refractivity contribution in [3.8, 4) is 12.3 Å². The quantitative estimate of drug-likeness (QED) is 0.719. The summed E-state index contributed by atoms with van der Waals surface area (Å²) >= 11 is 0. The first-order chi connectivity index (χ1) is 12.0. The number of hydrogen-bond donors (Lipinski definition) is 1. The number of carbonyl (C=O) groups excluding carboxylic acids is 1. The van der Waals surface area contributed by atoms with E-state index in [9.17, 15) is 14.7 Å². The predicted molar refractivity (Wildman–Crippen MR) is 92.7 cm³/mol. The lowest BCUT2D eigenvalue weighted by atomic mass is 9.79. The van der Waals surface area contributed by atoms with Crippen LogP contribution in [0.3, 0.4) is 0 Å². The number of carboxylic acids is 1. The number of nitrogens with zero attached hydrogens (tertiary/aromatic N) is 3.